The topological polar surface area (TPSA) is 46.3 Å². The van der Waals surface area contributed by atoms with Crippen LogP contribution in [0.3, 0.4) is 0 Å². The van der Waals surface area contributed by atoms with Crippen LogP contribution in [0.2, 0.25) is 0 Å². The van der Waals surface area contributed by atoms with Crippen molar-refractivity contribution in [1.82, 2.24) is 10.1 Å². The maximum absolute atomic E-state index is 12.9. The number of aromatic nitrogens is 1. The number of hydrogen-bond acceptors (Lipinski definition) is 4. The zero-order valence-electron chi connectivity index (χ0n) is 16.4. The Balaban J connectivity index is 1.36. The van der Waals surface area contributed by atoms with Crippen LogP contribution < -0.4 is 0 Å². The zero-order valence-corrected chi connectivity index (χ0v) is 17.2. The van der Waals surface area contributed by atoms with Gasteiger partial charge in [0.25, 0.3) is 0 Å². The molecule has 4 nitrogen and oxygen atoms in total. The summed E-state index contributed by atoms with van der Waals surface area (Å²) in [5.74, 6) is 3.12. The van der Waals surface area contributed by atoms with Gasteiger partial charge in [0.2, 0.25) is 5.91 Å². The van der Waals surface area contributed by atoms with Crippen LogP contribution in [-0.4, -0.2) is 33.8 Å². The summed E-state index contributed by atoms with van der Waals surface area (Å²) >= 11 is 1.68. The van der Waals surface area contributed by atoms with Crippen molar-refractivity contribution < 1.29 is 9.32 Å². The Hall–Kier alpha value is -1.75. The summed E-state index contributed by atoms with van der Waals surface area (Å²) in [6, 6.07) is 9.58. The lowest BCUT2D eigenvalue weighted by Gasteiger charge is -2.39. The minimum atomic E-state index is 0.308. The van der Waals surface area contributed by atoms with Crippen molar-refractivity contribution in [3.05, 3.63) is 52.4 Å². The van der Waals surface area contributed by atoms with E-state index in [1.165, 1.54) is 11.1 Å². The van der Waals surface area contributed by atoms with Gasteiger partial charge in [0.1, 0.15) is 5.76 Å². The molecular weight excluding hydrogens is 356 g/mol. The highest BCUT2D eigenvalue weighted by Gasteiger charge is 2.43. The van der Waals surface area contributed by atoms with Gasteiger partial charge in [-0.1, -0.05) is 29.4 Å². The number of carbonyl (C=O) groups excluding carboxylic acids is 1. The van der Waals surface area contributed by atoms with Crippen molar-refractivity contribution >= 4 is 17.7 Å². The third-order valence-corrected chi connectivity index (χ3v) is 7.25. The molecule has 2 bridgehead atoms. The van der Waals surface area contributed by atoms with E-state index in [0.29, 0.717) is 29.7 Å². The molecule has 1 aromatic carbocycles. The molecule has 0 saturated carbocycles. The smallest absolute Gasteiger partial charge is 0.233 e. The molecule has 3 atom stereocenters. The third kappa shape index (κ3) is 3.66. The van der Waals surface area contributed by atoms with Gasteiger partial charge in [-0.2, -0.15) is 0 Å². The lowest BCUT2D eigenvalue weighted by Crippen LogP contribution is -2.46. The molecule has 0 unspecified atom stereocenters. The first-order valence-electron chi connectivity index (χ1n) is 9.90. The van der Waals surface area contributed by atoms with Crippen LogP contribution in [0.1, 0.15) is 59.7 Å². The molecule has 27 heavy (non-hydrogen) atoms. The third-order valence-electron chi connectivity index (χ3n) is 6.30. The van der Waals surface area contributed by atoms with Crippen LogP contribution in [-0.2, 0) is 10.5 Å². The second-order valence-corrected chi connectivity index (χ2v) is 8.99. The van der Waals surface area contributed by atoms with Crippen LogP contribution in [0, 0.1) is 20.8 Å². The van der Waals surface area contributed by atoms with Crippen LogP contribution in [0.25, 0.3) is 0 Å². The number of hydrogen-bond donors (Lipinski definition) is 0. The van der Waals surface area contributed by atoms with Crippen molar-refractivity contribution in [3.63, 3.8) is 0 Å². The first-order valence-corrected chi connectivity index (χ1v) is 11.1. The summed E-state index contributed by atoms with van der Waals surface area (Å²) in [5, 5.41) is 4.00. The highest BCUT2D eigenvalue weighted by molar-refractivity contribution is 7.99. The average Bonchev–Trinajstić information content (AvgIpc) is 3.11. The van der Waals surface area contributed by atoms with E-state index in [1.807, 2.05) is 13.8 Å². The first-order chi connectivity index (χ1) is 13.0. The van der Waals surface area contributed by atoms with Crippen molar-refractivity contribution in [1.29, 1.82) is 0 Å². The molecular formula is C22H28N2O2S. The van der Waals surface area contributed by atoms with Crippen LogP contribution in [0.15, 0.2) is 28.8 Å². The molecule has 1 aromatic heterocycles. The van der Waals surface area contributed by atoms with E-state index in [9.17, 15) is 4.79 Å². The molecule has 2 saturated heterocycles. The lowest BCUT2D eigenvalue weighted by atomic mass is 9.83. The number of rotatable bonds is 5. The maximum atomic E-state index is 12.9. The summed E-state index contributed by atoms with van der Waals surface area (Å²) in [7, 11) is 0. The first kappa shape index (κ1) is 18.6. The molecule has 0 radical (unpaired) electrons. The van der Waals surface area contributed by atoms with Gasteiger partial charge in [0.05, 0.1) is 11.4 Å². The van der Waals surface area contributed by atoms with Gasteiger partial charge in [-0.25, -0.2) is 0 Å². The second-order valence-electron chi connectivity index (χ2n) is 8.01. The van der Waals surface area contributed by atoms with E-state index in [1.54, 1.807) is 11.8 Å². The van der Waals surface area contributed by atoms with E-state index < -0.39 is 0 Å². The molecule has 144 valence electrons. The van der Waals surface area contributed by atoms with E-state index in [-0.39, 0.29) is 0 Å². The molecule has 0 aliphatic carbocycles. The average molecular weight is 385 g/mol. The minimum Gasteiger partial charge on any atom is -0.361 e. The van der Waals surface area contributed by atoms with Crippen molar-refractivity contribution in [3.8, 4) is 0 Å². The van der Waals surface area contributed by atoms with E-state index in [4.69, 9.17) is 4.52 Å². The van der Waals surface area contributed by atoms with E-state index in [0.717, 1.165) is 48.5 Å². The number of piperidine rings is 1. The molecule has 4 rings (SSSR count). The Kier molecular flexibility index (Phi) is 5.31. The summed E-state index contributed by atoms with van der Waals surface area (Å²) in [4.78, 5) is 15.2. The van der Waals surface area contributed by atoms with E-state index >= 15 is 0 Å². The Morgan fingerprint density at radius 2 is 1.89 bits per heavy atom. The minimum absolute atomic E-state index is 0.308. The number of carbonyl (C=O) groups is 1. The molecule has 3 heterocycles. The quantitative estimate of drug-likeness (QED) is 0.745. The molecule has 5 heteroatoms. The van der Waals surface area contributed by atoms with E-state index in [2.05, 4.69) is 41.2 Å². The fraction of sp³-hybridized carbons (Fsp3) is 0.545. The van der Waals surface area contributed by atoms with Crippen molar-refractivity contribution in [2.24, 2.45) is 0 Å². The van der Waals surface area contributed by atoms with Gasteiger partial charge in [0, 0.05) is 23.4 Å². The van der Waals surface area contributed by atoms with Crippen LogP contribution >= 0.6 is 11.8 Å². The molecule has 2 aliphatic heterocycles. The second kappa shape index (κ2) is 7.70. The van der Waals surface area contributed by atoms with Gasteiger partial charge in [0.15, 0.2) is 0 Å². The predicted octanol–water partition coefficient (Wildman–Crippen LogP) is 4.77. The standard InChI is InChI=1S/C22H28N2O2S/c1-14-6-4-5-7-20(14)17-10-18-8-9-19(11-17)24(18)22(25)13-27-12-21-15(2)23-26-16(21)3/h4-7,17-19H,8-13H2,1-3H3/t17-,18-,19+. The predicted molar refractivity (Wildman–Crippen MR) is 109 cm³/mol. The molecule has 1 amide bonds. The van der Waals surface area contributed by atoms with Gasteiger partial charge >= 0.3 is 0 Å². The molecule has 0 spiro atoms. The molecule has 2 aromatic rings. The summed E-state index contributed by atoms with van der Waals surface area (Å²) in [6.07, 6.45) is 4.55. The number of aryl methyl sites for hydroxylation is 3. The van der Waals surface area contributed by atoms with Gasteiger partial charge in [-0.3, -0.25) is 4.79 Å². The Morgan fingerprint density at radius 3 is 2.52 bits per heavy atom. The maximum Gasteiger partial charge on any atom is 0.233 e. The van der Waals surface area contributed by atoms with Crippen molar-refractivity contribution in [2.75, 3.05) is 5.75 Å². The van der Waals surface area contributed by atoms with Crippen LogP contribution in [0.5, 0.6) is 0 Å². The SMILES string of the molecule is Cc1ccccc1[C@@H]1C[C@H]2CC[C@@H](C1)N2C(=O)CSCc1c(C)noc1C. The lowest BCUT2D eigenvalue weighted by molar-refractivity contribution is -0.132. The van der Waals surface area contributed by atoms with Gasteiger partial charge < -0.3 is 9.42 Å². The van der Waals surface area contributed by atoms with Gasteiger partial charge in [-0.05, 0) is 63.5 Å². The Morgan fingerprint density at radius 1 is 1.19 bits per heavy atom. The number of benzene rings is 1. The molecule has 2 aliphatic rings. The highest BCUT2D eigenvalue weighted by Crippen LogP contribution is 2.44. The Labute approximate surface area is 165 Å². The number of fused-ring (bicyclic) bond motifs is 2. The fourth-order valence-corrected chi connectivity index (χ4v) is 5.95. The largest absolute Gasteiger partial charge is 0.361 e. The summed E-state index contributed by atoms with van der Waals surface area (Å²) in [6.45, 7) is 6.11. The number of thioether (sulfide) groups is 1. The van der Waals surface area contributed by atoms with Gasteiger partial charge in [-0.15, -0.1) is 11.8 Å². The molecule has 2 fully saturated rings. The Bertz CT molecular complexity index is 798. The molecule has 0 N–H and O–H groups in total. The normalized spacial score (nSPS) is 24.4. The monoisotopic (exact) mass is 384 g/mol. The van der Waals surface area contributed by atoms with Crippen LogP contribution in [0.4, 0.5) is 0 Å². The zero-order chi connectivity index (χ0) is 19.0. The fourth-order valence-electron chi connectivity index (χ4n) is 4.91. The summed E-state index contributed by atoms with van der Waals surface area (Å²) in [5.41, 5.74) is 4.94. The number of nitrogens with zero attached hydrogens (tertiary/aromatic N) is 2. The number of amides is 1. The highest BCUT2D eigenvalue weighted by atomic mass is 32.2. The van der Waals surface area contributed by atoms with Crippen molar-refractivity contribution in [2.45, 2.75) is 70.2 Å². The summed E-state index contributed by atoms with van der Waals surface area (Å²) < 4.78 is 5.22.